The number of aryl methyl sites for hydroxylation is 1. The monoisotopic (exact) mass is 296 g/mol. The molecule has 3 heteroatoms. The highest BCUT2D eigenvalue weighted by atomic mass is 79.9. The van der Waals surface area contributed by atoms with E-state index >= 15 is 0 Å². The van der Waals surface area contributed by atoms with Crippen LogP contribution in [0.25, 0.3) is 0 Å². The molecular formula is C14H21BrN2. The molecule has 1 aromatic rings. The predicted molar refractivity (Wildman–Crippen MR) is 77.8 cm³/mol. The van der Waals surface area contributed by atoms with Gasteiger partial charge >= 0.3 is 0 Å². The van der Waals surface area contributed by atoms with Gasteiger partial charge < -0.3 is 10.2 Å². The first-order valence-corrected chi connectivity index (χ1v) is 7.03. The summed E-state index contributed by atoms with van der Waals surface area (Å²) in [7, 11) is 0. The van der Waals surface area contributed by atoms with E-state index < -0.39 is 0 Å². The van der Waals surface area contributed by atoms with Gasteiger partial charge in [0.15, 0.2) is 0 Å². The van der Waals surface area contributed by atoms with Crippen molar-refractivity contribution in [2.45, 2.75) is 32.7 Å². The Morgan fingerprint density at radius 1 is 1.29 bits per heavy atom. The molecular weight excluding hydrogens is 276 g/mol. The molecule has 0 amide bonds. The minimum absolute atomic E-state index is 0.262. The van der Waals surface area contributed by atoms with Gasteiger partial charge in [0.2, 0.25) is 0 Å². The van der Waals surface area contributed by atoms with Gasteiger partial charge in [-0.05, 0) is 51.0 Å². The van der Waals surface area contributed by atoms with Gasteiger partial charge in [-0.3, -0.25) is 0 Å². The largest absolute Gasteiger partial charge is 0.370 e. The Kier molecular flexibility index (Phi) is 3.79. The number of benzene rings is 1. The van der Waals surface area contributed by atoms with Gasteiger partial charge in [-0.15, -0.1) is 0 Å². The van der Waals surface area contributed by atoms with E-state index in [2.05, 4.69) is 65.1 Å². The molecule has 0 atom stereocenters. The van der Waals surface area contributed by atoms with Gasteiger partial charge in [-0.25, -0.2) is 0 Å². The molecule has 1 aliphatic rings. The van der Waals surface area contributed by atoms with E-state index in [0.29, 0.717) is 0 Å². The van der Waals surface area contributed by atoms with Crippen LogP contribution >= 0.6 is 15.9 Å². The Hall–Kier alpha value is -0.540. The Morgan fingerprint density at radius 2 is 2.06 bits per heavy atom. The molecule has 0 unspecified atom stereocenters. The molecule has 0 spiro atoms. The lowest BCUT2D eigenvalue weighted by Crippen LogP contribution is -2.39. The molecule has 2 nitrogen and oxygen atoms in total. The van der Waals surface area contributed by atoms with Crippen molar-refractivity contribution in [2.24, 2.45) is 0 Å². The zero-order valence-corrected chi connectivity index (χ0v) is 12.5. The smallest absolute Gasteiger partial charge is 0.0397 e. The van der Waals surface area contributed by atoms with Gasteiger partial charge in [0.1, 0.15) is 0 Å². The minimum Gasteiger partial charge on any atom is -0.370 e. The summed E-state index contributed by atoms with van der Waals surface area (Å²) in [4.78, 5) is 2.49. The van der Waals surface area contributed by atoms with Gasteiger partial charge in [0, 0.05) is 35.3 Å². The summed E-state index contributed by atoms with van der Waals surface area (Å²) in [5.41, 5.74) is 2.98. The lowest BCUT2D eigenvalue weighted by Gasteiger charge is -2.26. The number of rotatable bonds is 1. The number of nitrogens with one attached hydrogen (secondary N) is 1. The number of hydrogen-bond acceptors (Lipinski definition) is 2. The maximum atomic E-state index is 3.60. The first-order valence-electron chi connectivity index (χ1n) is 6.24. The van der Waals surface area contributed by atoms with Crippen LogP contribution in [0.5, 0.6) is 0 Å². The van der Waals surface area contributed by atoms with Crippen LogP contribution in [0.1, 0.15) is 25.8 Å². The van der Waals surface area contributed by atoms with E-state index in [1.54, 1.807) is 0 Å². The van der Waals surface area contributed by atoms with E-state index in [4.69, 9.17) is 0 Å². The summed E-state index contributed by atoms with van der Waals surface area (Å²) in [6, 6.07) is 6.54. The molecule has 1 saturated heterocycles. The van der Waals surface area contributed by atoms with Gasteiger partial charge in [0.05, 0.1) is 0 Å². The van der Waals surface area contributed by atoms with Crippen molar-refractivity contribution in [3.05, 3.63) is 28.2 Å². The lowest BCUT2D eigenvalue weighted by atomic mass is 10.0. The van der Waals surface area contributed by atoms with Crippen molar-refractivity contribution in [1.29, 1.82) is 0 Å². The molecule has 1 aromatic carbocycles. The van der Waals surface area contributed by atoms with Crippen LogP contribution in [0.15, 0.2) is 22.7 Å². The molecule has 0 saturated carbocycles. The van der Waals surface area contributed by atoms with Gasteiger partial charge in [-0.2, -0.15) is 0 Å². The average Bonchev–Trinajstić information content (AvgIpc) is 2.40. The SMILES string of the molecule is Cc1cc(Br)ccc1N1CCNC(C)(C)CC1. The first kappa shape index (κ1) is 12.9. The molecule has 1 aliphatic heterocycles. The van der Waals surface area contributed by atoms with Crippen LogP contribution in [0.4, 0.5) is 5.69 Å². The molecule has 1 heterocycles. The quantitative estimate of drug-likeness (QED) is 0.855. The summed E-state index contributed by atoms with van der Waals surface area (Å²) in [6.07, 6.45) is 1.18. The van der Waals surface area contributed by atoms with Crippen molar-refractivity contribution in [1.82, 2.24) is 5.32 Å². The number of nitrogens with zero attached hydrogens (tertiary/aromatic N) is 1. The average molecular weight is 297 g/mol. The Morgan fingerprint density at radius 3 is 2.76 bits per heavy atom. The second kappa shape index (κ2) is 4.99. The second-order valence-electron chi connectivity index (χ2n) is 5.48. The van der Waals surface area contributed by atoms with Crippen LogP contribution in [0.3, 0.4) is 0 Å². The number of anilines is 1. The van der Waals surface area contributed by atoms with E-state index in [0.717, 1.165) is 24.1 Å². The summed E-state index contributed by atoms with van der Waals surface area (Å²) in [6.45, 7) is 10.0. The fourth-order valence-corrected chi connectivity index (χ4v) is 2.83. The van der Waals surface area contributed by atoms with Crippen molar-refractivity contribution >= 4 is 21.6 Å². The third-order valence-corrected chi connectivity index (χ3v) is 3.98. The summed E-state index contributed by atoms with van der Waals surface area (Å²) in [5.74, 6) is 0. The normalized spacial score (nSPS) is 20.1. The van der Waals surface area contributed by atoms with E-state index in [9.17, 15) is 0 Å². The minimum atomic E-state index is 0.262. The van der Waals surface area contributed by atoms with Crippen LogP contribution in [0, 0.1) is 6.92 Å². The summed E-state index contributed by atoms with van der Waals surface area (Å²) in [5, 5.41) is 3.60. The van der Waals surface area contributed by atoms with Crippen molar-refractivity contribution < 1.29 is 0 Å². The fraction of sp³-hybridized carbons (Fsp3) is 0.571. The highest BCUT2D eigenvalue weighted by Crippen LogP contribution is 2.25. The Labute approximate surface area is 113 Å². The fourth-order valence-electron chi connectivity index (χ4n) is 2.36. The number of halogens is 1. The maximum absolute atomic E-state index is 3.60. The molecule has 2 rings (SSSR count). The highest BCUT2D eigenvalue weighted by molar-refractivity contribution is 9.10. The van der Waals surface area contributed by atoms with Crippen LogP contribution in [-0.2, 0) is 0 Å². The third-order valence-electron chi connectivity index (χ3n) is 3.49. The molecule has 0 aromatic heterocycles. The summed E-state index contributed by atoms with van der Waals surface area (Å²) >= 11 is 3.52. The molecule has 0 aliphatic carbocycles. The first-order chi connectivity index (χ1) is 7.98. The molecule has 94 valence electrons. The van der Waals surface area contributed by atoms with Gasteiger partial charge in [0.25, 0.3) is 0 Å². The zero-order chi connectivity index (χ0) is 12.5. The van der Waals surface area contributed by atoms with Crippen molar-refractivity contribution in [3.63, 3.8) is 0 Å². The second-order valence-corrected chi connectivity index (χ2v) is 6.39. The molecule has 1 fully saturated rings. The van der Waals surface area contributed by atoms with Crippen molar-refractivity contribution in [3.8, 4) is 0 Å². The van der Waals surface area contributed by atoms with E-state index in [1.807, 2.05) is 0 Å². The van der Waals surface area contributed by atoms with E-state index in [-0.39, 0.29) is 5.54 Å². The van der Waals surface area contributed by atoms with Crippen LogP contribution < -0.4 is 10.2 Å². The third kappa shape index (κ3) is 3.23. The highest BCUT2D eigenvalue weighted by Gasteiger charge is 2.22. The topological polar surface area (TPSA) is 15.3 Å². The molecule has 0 bridgehead atoms. The molecule has 0 radical (unpaired) electrons. The Bertz CT molecular complexity index is 401. The number of hydrogen-bond donors (Lipinski definition) is 1. The predicted octanol–water partition coefficient (Wildman–Crippen LogP) is 3.34. The zero-order valence-electron chi connectivity index (χ0n) is 10.9. The Balaban J connectivity index is 2.17. The lowest BCUT2D eigenvalue weighted by molar-refractivity contribution is 0.394. The van der Waals surface area contributed by atoms with Crippen molar-refractivity contribution in [2.75, 3.05) is 24.5 Å². The maximum Gasteiger partial charge on any atom is 0.0397 e. The van der Waals surface area contributed by atoms with Crippen LogP contribution in [-0.4, -0.2) is 25.2 Å². The van der Waals surface area contributed by atoms with Crippen LogP contribution in [0.2, 0.25) is 0 Å². The molecule has 17 heavy (non-hydrogen) atoms. The summed E-state index contributed by atoms with van der Waals surface area (Å²) < 4.78 is 1.16. The van der Waals surface area contributed by atoms with E-state index in [1.165, 1.54) is 17.7 Å². The standard InChI is InChI=1S/C14H21BrN2/c1-11-10-12(15)4-5-13(11)17-8-6-14(2,3)16-7-9-17/h4-5,10,16H,6-9H2,1-3H3. The van der Waals surface area contributed by atoms with Gasteiger partial charge in [-0.1, -0.05) is 15.9 Å². The molecule has 1 N–H and O–H groups in total.